The van der Waals surface area contributed by atoms with Gasteiger partial charge < -0.3 is 19.8 Å². The highest BCUT2D eigenvalue weighted by Crippen LogP contribution is 2.27. The summed E-state index contributed by atoms with van der Waals surface area (Å²) >= 11 is 0. The number of carbonyl (C=O) groups excluding carboxylic acids is 1. The lowest BCUT2D eigenvalue weighted by Gasteiger charge is -2.37. The molecule has 0 radical (unpaired) electrons. The van der Waals surface area contributed by atoms with E-state index in [1.54, 1.807) is 29.3 Å². The summed E-state index contributed by atoms with van der Waals surface area (Å²) in [7, 11) is 1.91. The van der Waals surface area contributed by atoms with Crippen LogP contribution in [-0.2, 0) is 6.54 Å². The van der Waals surface area contributed by atoms with E-state index in [0.29, 0.717) is 42.2 Å². The number of benzene rings is 1. The van der Waals surface area contributed by atoms with Crippen molar-refractivity contribution in [1.82, 2.24) is 14.8 Å². The lowest BCUT2D eigenvalue weighted by atomic mass is 9.99. The lowest BCUT2D eigenvalue weighted by molar-refractivity contribution is 0.0325. The molecule has 3 atom stereocenters. The van der Waals surface area contributed by atoms with Gasteiger partial charge >= 0.3 is 5.97 Å². The maximum Gasteiger partial charge on any atom is 0.336 e. The number of rotatable bonds is 8. The van der Waals surface area contributed by atoms with Gasteiger partial charge in [0.15, 0.2) is 0 Å². The predicted octanol–water partition coefficient (Wildman–Crippen LogP) is 3.53. The molecule has 2 aromatic rings. The molecule has 37 heavy (non-hydrogen) atoms. The Kier molecular flexibility index (Phi) is 9.67. The molecule has 2 N–H and O–H groups in total. The maximum atomic E-state index is 13.5. The third-order valence-corrected chi connectivity index (χ3v) is 6.44. The summed E-state index contributed by atoms with van der Waals surface area (Å²) in [5.41, 5.74) is 1.95. The Labute approximate surface area is 219 Å². The van der Waals surface area contributed by atoms with Crippen LogP contribution in [0.2, 0.25) is 0 Å². The van der Waals surface area contributed by atoms with Crippen molar-refractivity contribution in [3.8, 4) is 17.7 Å². The van der Waals surface area contributed by atoms with Gasteiger partial charge in [-0.1, -0.05) is 50.8 Å². The van der Waals surface area contributed by atoms with E-state index in [1.807, 2.05) is 37.9 Å². The molecule has 0 spiro atoms. The number of hydrogen-bond acceptors (Lipinski definition) is 6. The van der Waals surface area contributed by atoms with Crippen LogP contribution in [0.25, 0.3) is 0 Å². The highest BCUT2D eigenvalue weighted by Gasteiger charge is 2.34. The molecule has 1 amide bonds. The van der Waals surface area contributed by atoms with E-state index in [9.17, 15) is 19.8 Å². The molecule has 1 aliphatic heterocycles. The van der Waals surface area contributed by atoms with Crippen molar-refractivity contribution in [2.45, 2.75) is 52.8 Å². The van der Waals surface area contributed by atoms with E-state index in [0.717, 1.165) is 6.42 Å². The van der Waals surface area contributed by atoms with Gasteiger partial charge in [0.2, 0.25) is 5.88 Å². The summed E-state index contributed by atoms with van der Waals surface area (Å²) in [6, 6.07) is 8.29. The minimum Gasteiger partial charge on any atom is -0.478 e. The second kappa shape index (κ2) is 12.7. The summed E-state index contributed by atoms with van der Waals surface area (Å²) in [4.78, 5) is 33.3. The molecule has 0 bridgehead atoms. The quantitative estimate of drug-likeness (QED) is 0.527. The monoisotopic (exact) mass is 507 g/mol. The Bertz CT molecular complexity index is 1170. The second-order valence-corrected chi connectivity index (χ2v) is 10.3. The molecule has 0 saturated heterocycles. The van der Waals surface area contributed by atoms with Crippen LogP contribution >= 0.6 is 0 Å². The average Bonchev–Trinajstić information content (AvgIpc) is 2.86. The van der Waals surface area contributed by atoms with Gasteiger partial charge in [0.05, 0.1) is 18.2 Å². The average molecular weight is 508 g/mol. The van der Waals surface area contributed by atoms with Crippen molar-refractivity contribution in [3.05, 3.63) is 58.8 Å². The number of likely N-dealkylation sites (N-methyl/N-ethyl adjacent to an activating group) is 1. The molecule has 0 fully saturated rings. The number of nitrogens with zero attached hydrogens (tertiary/aromatic N) is 3. The number of carbonyl (C=O) groups is 2. The van der Waals surface area contributed by atoms with Gasteiger partial charge in [0.1, 0.15) is 11.7 Å². The van der Waals surface area contributed by atoms with E-state index in [1.165, 1.54) is 0 Å². The number of fused-ring (bicyclic) bond motifs is 1. The first kappa shape index (κ1) is 28.2. The Morgan fingerprint density at radius 1 is 1.30 bits per heavy atom. The molecule has 3 rings (SSSR count). The number of amides is 1. The van der Waals surface area contributed by atoms with Crippen LogP contribution in [0.5, 0.6) is 5.88 Å². The topological polar surface area (TPSA) is 103 Å². The third kappa shape index (κ3) is 7.31. The SMILES string of the molecule is CC(C)CC#Cc1cnc2c(c1)C(=O)N([C@@H](C)CO)C[C@H](C)[C@@H](CN(C)Cc1ccccc1C(=O)O)O2. The summed E-state index contributed by atoms with van der Waals surface area (Å²) < 4.78 is 6.34. The number of pyridine rings is 1. The van der Waals surface area contributed by atoms with Crippen molar-refractivity contribution >= 4 is 11.9 Å². The van der Waals surface area contributed by atoms with Gasteiger partial charge in [0, 0.05) is 43.7 Å². The molecule has 8 heteroatoms. The van der Waals surface area contributed by atoms with Crippen LogP contribution in [0.3, 0.4) is 0 Å². The first-order valence-electron chi connectivity index (χ1n) is 12.7. The van der Waals surface area contributed by atoms with Crippen molar-refractivity contribution in [2.75, 3.05) is 26.7 Å². The first-order valence-corrected chi connectivity index (χ1v) is 12.7. The summed E-state index contributed by atoms with van der Waals surface area (Å²) in [5, 5.41) is 19.4. The van der Waals surface area contributed by atoms with Crippen LogP contribution < -0.4 is 4.74 Å². The van der Waals surface area contributed by atoms with Crippen LogP contribution in [0.1, 0.15) is 66.0 Å². The number of carboxylic acids is 1. The number of ether oxygens (including phenoxy) is 1. The van der Waals surface area contributed by atoms with E-state index in [2.05, 4.69) is 30.7 Å². The summed E-state index contributed by atoms with van der Waals surface area (Å²) in [6.07, 6.45) is 2.04. The fourth-order valence-electron chi connectivity index (χ4n) is 4.28. The van der Waals surface area contributed by atoms with E-state index in [4.69, 9.17) is 4.74 Å². The highest BCUT2D eigenvalue weighted by atomic mass is 16.5. The van der Waals surface area contributed by atoms with Crippen LogP contribution in [0.15, 0.2) is 36.5 Å². The maximum absolute atomic E-state index is 13.5. The molecule has 198 valence electrons. The Balaban J connectivity index is 1.90. The standard InChI is InChI=1S/C29H37N3O5/c1-19(2)9-8-10-22-13-25-27(30-14-22)37-26(20(3)15-32(28(25)34)21(4)18-33)17-31(5)16-23-11-6-7-12-24(23)29(35)36/h6-7,11-14,19-21,26,33H,9,15-18H2,1-5H3,(H,35,36)/t20-,21-,26+/m0/s1. The molecule has 0 saturated carbocycles. The van der Waals surface area contributed by atoms with Crippen LogP contribution in [0.4, 0.5) is 0 Å². The molecule has 0 unspecified atom stereocenters. The van der Waals surface area contributed by atoms with Crippen LogP contribution in [0, 0.1) is 23.7 Å². The van der Waals surface area contributed by atoms with Gasteiger partial charge in [-0.3, -0.25) is 9.69 Å². The van der Waals surface area contributed by atoms with Crippen molar-refractivity contribution in [3.63, 3.8) is 0 Å². The zero-order valence-electron chi connectivity index (χ0n) is 22.3. The molecule has 1 aromatic carbocycles. The van der Waals surface area contributed by atoms with Gasteiger partial charge in [0.25, 0.3) is 5.91 Å². The minimum atomic E-state index is -0.961. The zero-order chi connectivity index (χ0) is 27.1. The molecule has 2 heterocycles. The first-order chi connectivity index (χ1) is 17.6. The number of aromatic carboxylic acids is 1. The van der Waals surface area contributed by atoms with Gasteiger partial charge in [-0.15, -0.1) is 0 Å². The van der Waals surface area contributed by atoms with Crippen molar-refractivity contribution in [2.24, 2.45) is 11.8 Å². The molecular formula is C29H37N3O5. The van der Waals surface area contributed by atoms with Gasteiger partial charge in [-0.2, -0.15) is 0 Å². The molecular weight excluding hydrogens is 470 g/mol. The Morgan fingerprint density at radius 3 is 2.70 bits per heavy atom. The molecule has 1 aliphatic rings. The Hall–Kier alpha value is -3.41. The largest absolute Gasteiger partial charge is 0.478 e. The van der Waals surface area contributed by atoms with E-state index in [-0.39, 0.29) is 42.0 Å². The normalized spacial score (nSPS) is 18.4. The number of aliphatic hydroxyl groups is 1. The highest BCUT2D eigenvalue weighted by molar-refractivity contribution is 5.97. The zero-order valence-corrected chi connectivity index (χ0v) is 22.3. The number of carboxylic acid groups (broad SMARTS) is 1. The van der Waals surface area contributed by atoms with E-state index >= 15 is 0 Å². The molecule has 1 aromatic heterocycles. The number of aliphatic hydroxyl groups excluding tert-OH is 1. The fourth-order valence-corrected chi connectivity index (χ4v) is 4.28. The fraction of sp³-hybridized carbons (Fsp3) is 0.483. The van der Waals surface area contributed by atoms with Gasteiger partial charge in [-0.25, -0.2) is 9.78 Å². The summed E-state index contributed by atoms with van der Waals surface area (Å²) in [6.45, 7) is 9.16. The lowest BCUT2D eigenvalue weighted by Crippen LogP contribution is -2.49. The summed E-state index contributed by atoms with van der Waals surface area (Å²) in [5.74, 6) is 5.62. The van der Waals surface area contributed by atoms with E-state index < -0.39 is 5.97 Å². The molecule has 8 nitrogen and oxygen atoms in total. The van der Waals surface area contributed by atoms with Gasteiger partial charge in [-0.05, 0) is 37.6 Å². The number of hydrogen-bond donors (Lipinski definition) is 2. The van der Waals surface area contributed by atoms with Crippen molar-refractivity contribution < 1.29 is 24.5 Å². The molecule has 0 aliphatic carbocycles. The third-order valence-electron chi connectivity index (χ3n) is 6.44. The Morgan fingerprint density at radius 2 is 2.03 bits per heavy atom. The smallest absolute Gasteiger partial charge is 0.336 e. The predicted molar refractivity (Wildman–Crippen MR) is 141 cm³/mol. The number of aromatic nitrogens is 1. The minimum absolute atomic E-state index is 0.0735. The second-order valence-electron chi connectivity index (χ2n) is 10.3. The van der Waals surface area contributed by atoms with Crippen LogP contribution in [-0.4, -0.2) is 75.8 Å². The van der Waals surface area contributed by atoms with Crippen molar-refractivity contribution in [1.29, 1.82) is 0 Å².